The van der Waals surface area contributed by atoms with Crippen molar-refractivity contribution in [3.8, 4) is 23.0 Å². The fraction of sp³-hybridized carbons (Fsp3) is 0.467. The first-order chi connectivity index (χ1) is 16.3. The number of aryl methyl sites for hydroxylation is 1. The summed E-state index contributed by atoms with van der Waals surface area (Å²) in [5, 5.41) is 32.5. The van der Waals surface area contributed by atoms with Crippen LogP contribution in [0.1, 0.15) is 81.9 Å². The molecule has 0 bridgehead atoms. The van der Waals surface area contributed by atoms with Crippen LogP contribution in [0.4, 0.5) is 0 Å². The zero-order valence-corrected chi connectivity index (χ0v) is 21.7. The Hall–Kier alpha value is -2.92. The van der Waals surface area contributed by atoms with Crippen LogP contribution in [0.3, 0.4) is 0 Å². The molecule has 0 radical (unpaired) electrons. The van der Waals surface area contributed by atoms with Gasteiger partial charge in [-0.1, -0.05) is 31.6 Å². The van der Waals surface area contributed by atoms with Gasteiger partial charge in [0.05, 0.1) is 6.10 Å². The van der Waals surface area contributed by atoms with E-state index >= 15 is 0 Å². The second-order valence-corrected chi connectivity index (χ2v) is 11.2. The SMILES string of the molecule is C=CC(C)(C)c1cc2c(cc1O)OC(c1cc(O)c3c(c1CC=C(C)C)CC(O)C(C)(C)O3)CC2. The van der Waals surface area contributed by atoms with Gasteiger partial charge in [0.2, 0.25) is 0 Å². The zero-order valence-electron chi connectivity index (χ0n) is 21.7. The van der Waals surface area contributed by atoms with E-state index in [-0.39, 0.29) is 23.0 Å². The third-order valence-electron chi connectivity index (χ3n) is 7.47. The minimum Gasteiger partial charge on any atom is -0.507 e. The van der Waals surface area contributed by atoms with Crippen LogP contribution in [0.15, 0.2) is 42.5 Å². The smallest absolute Gasteiger partial charge is 0.165 e. The van der Waals surface area contributed by atoms with E-state index in [1.54, 1.807) is 12.1 Å². The molecule has 0 amide bonds. The number of benzene rings is 2. The molecule has 5 heteroatoms. The molecule has 2 aliphatic heterocycles. The van der Waals surface area contributed by atoms with Crippen molar-refractivity contribution in [2.75, 3.05) is 0 Å². The van der Waals surface area contributed by atoms with Gasteiger partial charge in [-0.2, -0.15) is 0 Å². The first-order valence-corrected chi connectivity index (χ1v) is 12.4. The molecule has 2 unspecified atom stereocenters. The van der Waals surface area contributed by atoms with Crippen LogP contribution < -0.4 is 9.47 Å². The van der Waals surface area contributed by atoms with Gasteiger partial charge in [0.1, 0.15) is 23.2 Å². The van der Waals surface area contributed by atoms with Gasteiger partial charge < -0.3 is 24.8 Å². The molecule has 0 aliphatic carbocycles. The van der Waals surface area contributed by atoms with Gasteiger partial charge in [-0.3, -0.25) is 0 Å². The standard InChI is InChI=1S/C30H38O5/c1-8-29(4,5)22-13-18-10-12-25(34-26(18)16-23(22)31)20-14-24(32)28-21(19(20)11-9-17(2)3)15-27(33)30(6,7)35-28/h8-9,13-14,16,25,27,31-33H,1,10-12,15H2,2-7H3. The summed E-state index contributed by atoms with van der Waals surface area (Å²) in [5.41, 5.74) is 4.69. The van der Waals surface area contributed by atoms with Crippen molar-refractivity contribution in [3.05, 3.63) is 70.3 Å². The number of aliphatic hydroxyl groups is 1. The fourth-order valence-corrected chi connectivity index (χ4v) is 4.96. The largest absolute Gasteiger partial charge is 0.507 e. The van der Waals surface area contributed by atoms with Crippen molar-refractivity contribution < 1.29 is 24.8 Å². The van der Waals surface area contributed by atoms with Crippen LogP contribution >= 0.6 is 0 Å². The van der Waals surface area contributed by atoms with Gasteiger partial charge in [-0.15, -0.1) is 6.58 Å². The number of aliphatic hydroxyl groups excluding tert-OH is 1. The van der Waals surface area contributed by atoms with E-state index in [1.807, 2.05) is 39.8 Å². The first kappa shape index (κ1) is 25.2. The molecule has 2 aromatic rings. The molecular formula is C30H38O5. The van der Waals surface area contributed by atoms with Gasteiger partial charge >= 0.3 is 0 Å². The maximum absolute atomic E-state index is 11.0. The molecule has 0 saturated heterocycles. The Kier molecular flexibility index (Phi) is 6.43. The number of phenolic OH excluding ortho intramolecular Hbond substituents is 2. The van der Waals surface area contributed by atoms with Gasteiger partial charge in [0.15, 0.2) is 11.5 Å². The molecule has 188 valence electrons. The molecule has 0 fully saturated rings. The third kappa shape index (κ3) is 4.66. The number of phenols is 2. The molecule has 5 nitrogen and oxygen atoms in total. The summed E-state index contributed by atoms with van der Waals surface area (Å²) in [6, 6.07) is 5.47. The Balaban J connectivity index is 1.78. The third-order valence-corrected chi connectivity index (χ3v) is 7.47. The van der Waals surface area contributed by atoms with Crippen LogP contribution in [0.25, 0.3) is 0 Å². The highest BCUT2D eigenvalue weighted by Crippen LogP contribution is 2.48. The number of allylic oxidation sites excluding steroid dienone is 3. The topological polar surface area (TPSA) is 79.2 Å². The van der Waals surface area contributed by atoms with Gasteiger partial charge in [-0.25, -0.2) is 0 Å². The maximum atomic E-state index is 11.0. The fourth-order valence-electron chi connectivity index (χ4n) is 4.96. The van der Waals surface area contributed by atoms with Crippen molar-refractivity contribution in [1.29, 1.82) is 0 Å². The summed E-state index contributed by atoms with van der Waals surface area (Å²) in [4.78, 5) is 0. The summed E-state index contributed by atoms with van der Waals surface area (Å²) >= 11 is 0. The molecule has 2 atom stereocenters. The predicted molar refractivity (Wildman–Crippen MR) is 139 cm³/mol. The molecule has 3 N–H and O–H groups in total. The van der Waals surface area contributed by atoms with Crippen molar-refractivity contribution in [2.45, 2.75) is 90.4 Å². The molecule has 0 aromatic heterocycles. The summed E-state index contributed by atoms with van der Waals surface area (Å²) in [5.74, 6) is 1.36. The van der Waals surface area contributed by atoms with Crippen molar-refractivity contribution in [2.24, 2.45) is 0 Å². The Morgan fingerprint density at radius 3 is 2.54 bits per heavy atom. The van der Waals surface area contributed by atoms with Crippen LogP contribution in [0, 0.1) is 0 Å². The number of rotatable bonds is 5. The first-order valence-electron chi connectivity index (χ1n) is 12.4. The summed E-state index contributed by atoms with van der Waals surface area (Å²) in [6.45, 7) is 15.7. The molecule has 2 aliphatic rings. The van der Waals surface area contributed by atoms with Crippen LogP contribution in [0.5, 0.6) is 23.0 Å². The summed E-state index contributed by atoms with van der Waals surface area (Å²) in [6.07, 6.45) is 5.59. The Bertz CT molecular complexity index is 1180. The second kappa shape index (κ2) is 8.94. The molecule has 0 spiro atoms. The highest BCUT2D eigenvalue weighted by molar-refractivity contribution is 5.58. The normalized spacial score (nSPS) is 20.7. The molecule has 2 aromatic carbocycles. The lowest BCUT2D eigenvalue weighted by Crippen LogP contribution is -2.46. The van der Waals surface area contributed by atoms with Crippen molar-refractivity contribution in [3.63, 3.8) is 0 Å². The quantitative estimate of drug-likeness (QED) is 0.445. The van der Waals surface area contributed by atoms with E-state index in [0.717, 1.165) is 40.7 Å². The van der Waals surface area contributed by atoms with Crippen molar-refractivity contribution in [1.82, 2.24) is 0 Å². The van der Waals surface area contributed by atoms with E-state index in [2.05, 4.69) is 26.5 Å². The lowest BCUT2D eigenvalue weighted by molar-refractivity contribution is -0.0428. The van der Waals surface area contributed by atoms with Gasteiger partial charge in [0.25, 0.3) is 0 Å². The van der Waals surface area contributed by atoms with Crippen LogP contribution in [0.2, 0.25) is 0 Å². The lowest BCUT2D eigenvalue weighted by Gasteiger charge is -2.39. The number of aromatic hydroxyl groups is 2. The van der Waals surface area contributed by atoms with Gasteiger partial charge in [-0.05, 0) is 70.2 Å². The van der Waals surface area contributed by atoms with E-state index in [9.17, 15) is 15.3 Å². The lowest BCUT2D eigenvalue weighted by atomic mass is 9.81. The van der Waals surface area contributed by atoms with E-state index < -0.39 is 11.7 Å². The Morgan fingerprint density at radius 2 is 1.89 bits per heavy atom. The number of fused-ring (bicyclic) bond motifs is 2. The molecule has 4 rings (SSSR count). The number of hydrogen-bond acceptors (Lipinski definition) is 5. The minimum absolute atomic E-state index is 0.0660. The number of ether oxygens (including phenoxy) is 2. The van der Waals surface area contributed by atoms with Crippen molar-refractivity contribution >= 4 is 0 Å². The molecule has 0 saturated carbocycles. The summed E-state index contributed by atoms with van der Waals surface area (Å²) in [7, 11) is 0. The Labute approximate surface area is 208 Å². The average Bonchev–Trinajstić information content (AvgIpc) is 2.78. The Morgan fingerprint density at radius 1 is 1.17 bits per heavy atom. The summed E-state index contributed by atoms with van der Waals surface area (Å²) < 4.78 is 12.5. The van der Waals surface area contributed by atoms with Crippen LogP contribution in [-0.2, 0) is 24.7 Å². The van der Waals surface area contributed by atoms with E-state index in [0.29, 0.717) is 24.3 Å². The molecular weight excluding hydrogens is 440 g/mol. The zero-order chi connectivity index (χ0) is 25.7. The second-order valence-electron chi connectivity index (χ2n) is 11.2. The predicted octanol–water partition coefficient (Wildman–Crippen LogP) is 6.21. The average molecular weight is 479 g/mol. The highest BCUT2D eigenvalue weighted by atomic mass is 16.5. The number of hydrogen-bond donors (Lipinski definition) is 3. The van der Waals surface area contributed by atoms with Gasteiger partial charge in [0, 0.05) is 34.6 Å². The highest BCUT2D eigenvalue weighted by Gasteiger charge is 2.39. The monoisotopic (exact) mass is 478 g/mol. The van der Waals surface area contributed by atoms with Crippen LogP contribution in [-0.4, -0.2) is 27.0 Å². The minimum atomic E-state index is -0.783. The maximum Gasteiger partial charge on any atom is 0.165 e. The van der Waals surface area contributed by atoms with E-state index in [4.69, 9.17) is 9.47 Å². The molecule has 35 heavy (non-hydrogen) atoms. The van der Waals surface area contributed by atoms with E-state index in [1.165, 1.54) is 5.57 Å². The molecule has 2 heterocycles.